The summed E-state index contributed by atoms with van der Waals surface area (Å²) in [5.41, 5.74) is 2.62. The van der Waals surface area contributed by atoms with Gasteiger partial charge in [0.2, 0.25) is 0 Å². The standard InChI is InChI=1S/C23H32O6/c1-4-15-7-8-16(12-17(15)11-14-5-9-18(28-3)10-6-14)23-22(26)21(25)20(24)19(29-23)13-27-2/h1,7-8,12,14,18-26H,5-6,9-11,13H2,2-3H3/t14?,18?,19-,20-,21+,22-,23+/m1/s1. The second kappa shape index (κ2) is 10.0. The van der Waals surface area contributed by atoms with Gasteiger partial charge in [-0.05, 0) is 55.2 Å². The molecule has 2 aliphatic rings. The number of hydrogen-bond acceptors (Lipinski definition) is 6. The van der Waals surface area contributed by atoms with Crippen molar-refractivity contribution in [3.05, 3.63) is 34.9 Å². The monoisotopic (exact) mass is 404 g/mol. The highest BCUT2D eigenvalue weighted by Crippen LogP contribution is 2.35. The fourth-order valence-electron chi connectivity index (χ4n) is 4.51. The van der Waals surface area contributed by atoms with Crippen molar-refractivity contribution in [2.45, 2.75) is 68.7 Å². The first kappa shape index (κ1) is 22.2. The van der Waals surface area contributed by atoms with Crippen molar-refractivity contribution in [2.24, 2.45) is 5.92 Å². The van der Waals surface area contributed by atoms with Crippen LogP contribution in [0.25, 0.3) is 0 Å². The molecule has 160 valence electrons. The van der Waals surface area contributed by atoms with Gasteiger partial charge in [0.25, 0.3) is 0 Å². The molecule has 6 nitrogen and oxygen atoms in total. The highest BCUT2D eigenvalue weighted by Gasteiger charge is 2.44. The summed E-state index contributed by atoms with van der Waals surface area (Å²) in [7, 11) is 3.27. The quantitative estimate of drug-likeness (QED) is 0.624. The summed E-state index contributed by atoms with van der Waals surface area (Å²) in [5.74, 6) is 3.29. The first-order chi connectivity index (χ1) is 14.0. The minimum atomic E-state index is -1.31. The molecule has 6 heteroatoms. The van der Waals surface area contributed by atoms with Gasteiger partial charge in [-0.1, -0.05) is 18.1 Å². The third-order valence-corrected chi connectivity index (χ3v) is 6.29. The largest absolute Gasteiger partial charge is 0.388 e. The van der Waals surface area contributed by atoms with Crippen LogP contribution in [0.2, 0.25) is 0 Å². The van der Waals surface area contributed by atoms with Crippen molar-refractivity contribution in [2.75, 3.05) is 20.8 Å². The van der Waals surface area contributed by atoms with Gasteiger partial charge in [-0.3, -0.25) is 0 Å². The van der Waals surface area contributed by atoms with E-state index in [-0.39, 0.29) is 6.61 Å². The van der Waals surface area contributed by atoms with Gasteiger partial charge in [-0.15, -0.1) is 6.42 Å². The number of terminal acetylenes is 1. The third kappa shape index (κ3) is 5.00. The summed E-state index contributed by atoms with van der Waals surface area (Å²) in [6, 6.07) is 5.66. The third-order valence-electron chi connectivity index (χ3n) is 6.29. The van der Waals surface area contributed by atoms with Gasteiger partial charge >= 0.3 is 0 Å². The van der Waals surface area contributed by atoms with Crippen molar-refractivity contribution in [1.29, 1.82) is 0 Å². The number of methoxy groups -OCH3 is 2. The van der Waals surface area contributed by atoms with E-state index in [1.807, 2.05) is 18.2 Å². The lowest BCUT2D eigenvalue weighted by Gasteiger charge is -2.40. The maximum absolute atomic E-state index is 10.5. The Labute approximate surface area is 172 Å². The molecule has 1 saturated carbocycles. The molecule has 0 spiro atoms. The summed E-state index contributed by atoms with van der Waals surface area (Å²) in [6.45, 7) is 0.124. The molecule has 0 bridgehead atoms. The van der Waals surface area contributed by atoms with Crippen LogP contribution in [0.5, 0.6) is 0 Å². The second-order valence-corrected chi connectivity index (χ2v) is 8.17. The summed E-state index contributed by atoms with van der Waals surface area (Å²) in [4.78, 5) is 0. The minimum absolute atomic E-state index is 0.124. The van der Waals surface area contributed by atoms with E-state index in [1.54, 1.807) is 7.11 Å². The summed E-state index contributed by atoms with van der Waals surface area (Å²) in [6.07, 6.45) is 5.99. The van der Waals surface area contributed by atoms with E-state index in [4.69, 9.17) is 20.6 Å². The van der Waals surface area contributed by atoms with E-state index in [9.17, 15) is 15.3 Å². The molecule has 0 radical (unpaired) electrons. The van der Waals surface area contributed by atoms with Gasteiger partial charge in [0.15, 0.2) is 0 Å². The van der Waals surface area contributed by atoms with Gasteiger partial charge in [-0.25, -0.2) is 0 Å². The summed E-state index contributed by atoms with van der Waals surface area (Å²) in [5, 5.41) is 30.9. The molecule has 1 aromatic carbocycles. The molecular weight excluding hydrogens is 372 g/mol. The predicted molar refractivity (Wildman–Crippen MR) is 108 cm³/mol. The van der Waals surface area contributed by atoms with E-state index >= 15 is 0 Å². The Morgan fingerprint density at radius 1 is 1.07 bits per heavy atom. The van der Waals surface area contributed by atoms with E-state index in [1.165, 1.54) is 7.11 Å². The van der Waals surface area contributed by atoms with E-state index in [0.29, 0.717) is 12.0 Å². The van der Waals surface area contributed by atoms with Crippen LogP contribution in [0.1, 0.15) is 48.5 Å². The second-order valence-electron chi connectivity index (χ2n) is 8.17. The highest BCUT2D eigenvalue weighted by molar-refractivity contribution is 5.43. The number of benzene rings is 1. The SMILES string of the molecule is C#Cc1ccc([C@@H]2O[C@H](COC)[C@@H](O)[C@H](O)[C@H]2O)cc1CC1CCC(OC)CC1. The molecule has 3 N–H and O–H groups in total. The lowest BCUT2D eigenvalue weighted by atomic mass is 9.81. The first-order valence-electron chi connectivity index (χ1n) is 10.3. The highest BCUT2D eigenvalue weighted by atomic mass is 16.6. The molecule has 3 rings (SSSR count). The molecular formula is C23H32O6. The van der Waals surface area contributed by atoms with Crippen molar-refractivity contribution in [3.63, 3.8) is 0 Å². The van der Waals surface area contributed by atoms with Gasteiger partial charge in [-0.2, -0.15) is 0 Å². The molecule has 0 amide bonds. The van der Waals surface area contributed by atoms with E-state index in [2.05, 4.69) is 5.92 Å². The molecule has 1 aliphatic heterocycles. The zero-order chi connectivity index (χ0) is 21.0. The molecule has 5 atom stereocenters. The number of hydrogen-bond donors (Lipinski definition) is 3. The summed E-state index contributed by atoms with van der Waals surface area (Å²) < 4.78 is 16.4. The number of rotatable bonds is 6. The zero-order valence-electron chi connectivity index (χ0n) is 17.2. The van der Waals surface area contributed by atoms with Crippen LogP contribution in [0.15, 0.2) is 18.2 Å². The molecule has 1 heterocycles. The molecule has 1 aromatic rings. The van der Waals surface area contributed by atoms with Crippen LogP contribution in [0.4, 0.5) is 0 Å². The Hall–Kier alpha value is -1.46. The lowest BCUT2D eigenvalue weighted by Crippen LogP contribution is -2.55. The number of aliphatic hydroxyl groups is 3. The normalized spacial score (nSPS) is 35.2. The lowest BCUT2D eigenvalue weighted by molar-refractivity contribution is -0.233. The van der Waals surface area contributed by atoms with E-state index < -0.39 is 30.5 Å². The Morgan fingerprint density at radius 3 is 2.41 bits per heavy atom. The average molecular weight is 405 g/mol. The van der Waals surface area contributed by atoms with Crippen molar-refractivity contribution in [3.8, 4) is 12.3 Å². The fourth-order valence-corrected chi connectivity index (χ4v) is 4.51. The van der Waals surface area contributed by atoms with Crippen LogP contribution >= 0.6 is 0 Å². The predicted octanol–water partition coefficient (Wildman–Crippen LogP) is 1.58. The molecule has 0 aromatic heterocycles. The summed E-state index contributed by atoms with van der Waals surface area (Å²) >= 11 is 0. The van der Waals surface area contributed by atoms with Gasteiger partial charge in [0.05, 0.1) is 12.7 Å². The van der Waals surface area contributed by atoms with Crippen molar-refractivity contribution < 1.29 is 29.5 Å². The van der Waals surface area contributed by atoms with Crippen molar-refractivity contribution >= 4 is 0 Å². The maximum Gasteiger partial charge on any atom is 0.113 e. The van der Waals surface area contributed by atoms with Crippen LogP contribution < -0.4 is 0 Å². The maximum atomic E-state index is 10.5. The van der Waals surface area contributed by atoms with Crippen LogP contribution in [0.3, 0.4) is 0 Å². The molecule has 1 aliphatic carbocycles. The molecule has 2 fully saturated rings. The fraction of sp³-hybridized carbons (Fsp3) is 0.652. The van der Waals surface area contributed by atoms with Crippen LogP contribution in [-0.2, 0) is 20.6 Å². The minimum Gasteiger partial charge on any atom is -0.388 e. The molecule has 0 unspecified atom stereocenters. The van der Waals surface area contributed by atoms with Crippen LogP contribution in [0, 0.1) is 18.3 Å². The Kier molecular flexibility index (Phi) is 7.69. The zero-order valence-corrected chi connectivity index (χ0v) is 17.2. The Morgan fingerprint density at radius 2 is 1.79 bits per heavy atom. The number of ether oxygens (including phenoxy) is 3. The Balaban J connectivity index is 1.79. The van der Waals surface area contributed by atoms with Crippen LogP contribution in [-0.4, -0.2) is 66.7 Å². The van der Waals surface area contributed by atoms with Crippen molar-refractivity contribution in [1.82, 2.24) is 0 Å². The van der Waals surface area contributed by atoms with Gasteiger partial charge < -0.3 is 29.5 Å². The number of aliphatic hydroxyl groups excluding tert-OH is 3. The molecule has 29 heavy (non-hydrogen) atoms. The molecule has 1 saturated heterocycles. The topological polar surface area (TPSA) is 88.4 Å². The average Bonchev–Trinajstić information content (AvgIpc) is 2.74. The Bertz CT molecular complexity index is 706. The van der Waals surface area contributed by atoms with Gasteiger partial charge in [0.1, 0.15) is 30.5 Å². The smallest absolute Gasteiger partial charge is 0.113 e. The van der Waals surface area contributed by atoms with E-state index in [0.717, 1.165) is 48.8 Å². The van der Waals surface area contributed by atoms with Gasteiger partial charge in [0, 0.05) is 19.8 Å². The first-order valence-corrected chi connectivity index (χ1v) is 10.3.